The van der Waals surface area contributed by atoms with E-state index in [0.29, 0.717) is 12.1 Å². The summed E-state index contributed by atoms with van der Waals surface area (Å²) in [6.45, 7) is 0. The van der Waals surface area contributed by atoms with Crippen molar-refractivity contribution >= 4 is 21.4 Å². The zero-order valence-electron chi connectivity index (χ0n) is 13.6. The zero-order chi connectivity index (χ0) is 17.9. The zero-order valence-corrected chi connectivity index (χ0v) is 14.4. The smallest absolute Gasteiger partial charge is 0.287 e. The van der Waals surface area contributed by atoms with E-state index in [9.17, 15) is 17.6 Å². The van der Waals surface area contributed by atoms with Crippen molar-refractivity contribution in [2.75, 3.05) is 16.8 Å². The van der Waals surface area contributed by atoms with E-state index in [1.165, 1.54) is 24.3 Å². The van der Waals surface area contributed by atoms with Gasteiger partial charge in [0.15, 0.2) is 15.9 Å². The van der Waals surface area contributed by atoms with Crippen LogP contribution in [0.25, 0.3) is 0 Å². The second-order valence-corrected chi connectivity index (χ2v) is 8.47. The Bertz CT molecular complexity index is 838. The molecule has 132 valence electrons. The molecule has 0 radical (unpaired) electrons. The molecular weight excluding hydrogens is 343 g/mol. The lowest BCUT2D eigenvalue weighted by Crippen LogP contribution is -2.93. The Morgan fingerprint density at radius 1 is 1.12 bits per heavy atom. The van der Waals surface area contributed by atoms with Crippen LogP contribution in [0.2, 0.25) is 0 Å². The fourth-order valence-electron chi connectivity index (χ4n) is 3.01. The number of halogens is 1. The van der Waals surface area contributed by atoms with E-state index < -0.39 is 15.9 Å². The average molecular weight is 363 g/mol. The molecule has 1 aliphatic heterocycles. The molecule has 5 nitrogen and oxygen atoms in total. The molecule has 2 aromatic carbocycles. The summed E-state index contributed by atoms with van der Waals surface area (Å²) >= 11 is 0. The molecule has 0 aromatic heterocycles. The summed E-state index contributed by atoms with van der Waals surface area (Å²) in [6.07, 6.45) is 0.537. The van der Waals surface area contributed by atoms with Crippen molar-refractivity contribution in [3.63, 3.8) is 0 Å². The molecule has 2 aromatic rings. The average Bonchev–Trinajstić information content (AvgIpc) is 2.94. The summed E-state index contributed by atoms with van der Waals surface area (Å²) in [7, 11) is -3.02. The van der Waals surface area contributed by atoms with E-state index in [-0.39, 0.29) is 29.3 Å². The number of amides is 1. The second kappa shape index (κ2) is 7.33. The normalized spacial score (nSPS) is 20.1. The molecule has 0 saturated carbocycles. The van der Waals surface area contributed by atoms with E-state index in [1.54, 1.807) is 0 Å². The standard InChI is InChI=1S/C18H19FN2O3S/c19-14-6-8-15(9-7-14)21-18(22)17(13-4-2-1-3-5-13)20-16-10-11-25(23,24)12-16/h1-9,16-17,20H,10-12H2,(H,21,22)/p+1/t16-,17+/m0/s1. The number of carbonyl (C=O) groups excluding carboxylic acids is 1. The summed E-state index contributed by atoms with van der Waals surface area (Å²) in [4.78, 5) is 12.8. The van der Waals surface area contributed by atoms with Gasteiger partial charge in [-0.25, -0.2) is 12.8 Å². The van der Waals surface area contributed by atoms with Gasteiger partial charge in [0.05, 0.1) is 5.75 Å². The summed E-state index contributed by atoms with van der Waals surface area (Å²) in [5.41, 5.74) is 1.30. The van der Waals surface area contributed by atoms with Gasteiger partial charge in [-0.3, -0.25) is 4.79 Å². The lowest BCUT2D eigenvalue weighted by Gasteiger charge is -2.19. The van der Waals surface area contributed by atoms with Crippen LogP contribution in [0.1, 0.15) is 18.0 Å². The van der Waals surface area contributed by atoms with Crippen LogP contribution in [0.5, 0.6) is 0 Å². The van der Waals surface area contributed by atoms with Crippen molar-refractivity contribution in [3.05, 3.63) is 66.0 Å². The number of nitrogens with one attached hydrogen (secondary N) is 1. The van der Waals surface area contributed by atoms with Crippen molar-refractivity contribution in [2.45, 2.75) is 18.5 Å². The minimum absolute atomic E-state index is 0.0835. The summed E-state index contributed by atoms with van der Waals surface area (Å²) in [5.74, 6) is -0.391. The van der Waals surface area contributed by atoms with E-state index in [0.717, 1.165) is 5.56 Å². The number of hydrogen-bond donors (Lipinski definition) is 2. The van der Waals surface area contributed by atoms with Gasteiger partial charge >= 0.3 is 0 Å². The quantitative estimate of drug-likeness (QED) is 0.839. The SMILES string of the molecule is O=C(Nc1ccc(F)cc1)[C@H]([NH2+][C@H]1CCS(=O)(=O)C1)c1ccccc1. The summed E-state index contributed by atoms with van der Waals surface area (Å²) in [5, 5.41) is 4.59. The molecule has 3 rings (SSSR count). The molecule has 1 saturated heterocycles. The molecule has 1 amide bonds. The highest BCUT2D eigenvalue weighted by Crippen LogP contribution is 2.16. The monoisotopic (exact) mass is 363 g/mol. The van der Waals surface area contributed by atoms with Gasteiger partial charge in [0.25, 0.3) is 5.91 Å². The number of hydrogen-bond acceptors (Lipinski definition) is 3. The van der Waals surface area contributed by atoms with Gasteiger partial charge in [-0.05, 0) is 24.3 Å². The molecule has 0 spiro atoms. The number of nitrogens with two attached hydrogens (primary N) is 1. The van der Waals surface area contributed by atoms with Crippen molar-refractivity contribution in [1.29, 1.82) is 0 Å². The Morgan fingerprint density at radius 2 is 1.80 bits per heavy atom. The highest BCUT2D eigenvalue weighted by atomic mass is 32.2. The van der Waals surface area contributed by atoms with E-state index >= 15 is 0 Å². The number of quaternary nitrogens is 1. The van der Waals surface area contributed by atoms with Crippen molar-refractivity contribution in [1.82, 2.24) is 0 Å². The Hall–Kier alpha value is -2.25. The van der Waals surface area contributed by atoms with Gasteiger partial charge < -0.3 is 10.6 Å². The first-order chi connectivity index (χ1) is 11.9. The molecule has 2 atom stereocenters. The summed E-state index contributed by atoms with van der Waals surface area (Å²) < 4.78 is 36.4. The fraction of sp³-hybridized carbons (Fsp3) is 0.278. The lowest BCUT2D eigenvalue weighted by atomic mass is 10.0. The van der Waals surface area contributed by atoms with Gasteiger partial charge in [0.1, 0.15) is 17.6 Å². The third kappa shape index (κ3) is 4.64. The first-order valence-corrected chi connectivity index (χ1v) is 9.92. The van der Waals surface area contributed by atoms with Crippen LogP contribution in [-0.2, 0) is 14.6 Å². The lowest BCUT2D eigenvalue weighted by molar-refractivity contribution is -0.710. The number of carbonyl (C=O) groups is 1. The van der Waals surface area contributed by atoms with Crippen molar-refractivity contribution in [3.8, 4) is 0 Å². The van der Waals surface area contributed by atoms with Crippen molar-refractivity contribution < 1.29 is 22.9 Å². The van der Waals surface area contributed by atoms with Gasteiger partial charge in [-0.2, -0.15) is 0 Å². The second-order valence-electron chi connectivity index (χ2n) is 6.24. The molecular formula is C18H20FN2O3S+. The van der Waals surface area contributed by atoms with Gasteiger partial charge in [-0.15, -0.1) is 0 Å². The van der Waals surface area contributed by atoms with Crippen LogP contribution in [-0.4, -0.2) is 31.9 Å². The first-order valence-electron chi connectivity index (χ1n) is 8.10. The molecule has 3 N–H and O–H groups in total. The molecule has 1 heterocycles. The number of benzene rings is 2. The molecule has 0 unspecified atom stereocenters. The Labute approximate surface area is 146 Å². The van der Waals surface area contributed by atoms with E-state index in [4.69, 9.17) is 0 Å². The highest BCUT2D eigenvalue weighted by molar-refractivity contribution is 7.91. The van der Waals surface area contributed by atoms with E-state index in [2.05, 4.69) is 5.32 Å². The Kier molecular flexibility index (Phi) is 5.15. The van der Waals surface area contributed by atoms with E-state index in [1.807, 2.05) is 35.6 Å². The highest BCUT2D eigenvalue weighted by Gasteiger charge is 2.35. The predicted octanol–water partition coefficient (Wildman–Crippen LogP) is 1.26. The molecule has 25 heavy (non-hydrogen) atoms. The first kappa shape index (κ1) is 17.6. The number of anilines is 1. The third-order valence-electron chi connectivity index (χ3n) is 4.29. The maximum atomic E-state index is 13.0. The molecule has 1 aliphatic rings. The van der Waals surface area contributed by atoms with Gasteiger partial charge in [0.2, 0.25) is 0 Å². The van der Waals surface area contributed by atoms with Crippen LogP contribution >= 0.6 is 0 Å². The van der Waals surface area contributed by atoms with Gasteiger partial charge in [0, 0.05) is 17.7 Å². The molecule has 0 aliphatic carbocycles. The minimum atomic E-state index is -3.02. The largest absolute Gasteiger partial charge is 0.329 e. The Balaban J connectivity index is 1.78. The van der Waals surface area contributed by atoms with Crippen molar-refractivity contribution in [2.24, 2.45) is 0 Å². The minimum Gasteiger partial charge on any atom is -0.329 e. The van der Waals surface area contributed by atoms with Crippen LogP contribution in [0, 0.1) is 5.82 Å². The maximum absolute atomic E-state index is 13.0. The molecule has 1 fully saturated rings. The Morgan fingerprint density at radius 3 is 2.40 bits per heavy atom. The van der Waals surface area contributed by atoms with Gasteiger partial charge in [-0.1, -0.05) is 30.3 Å². The fourth-order valence-corrected chi connectivity index (χ4v) is 4.77. The third-order valence-corrected chi connectivity index (χ3v) is 6.08. The molecule has 0 bridgehead atoms. The number of rotatable bonds is 5. The van der Waals surface area contributed by atoms with Crippen LogP contribution in [0.4, 0.5) is 10.1 Å². The van der Waals surface area contributed by atoms with Crippen LogP contribution in [0.15, 0.2) is 54.6 Å². The maximum Gasteiger partial charge on any atom is 0.287 e. The predicted molar refractivity (Wildman–Crippen MR) is 93.2 cm³/mol. The van der Waals surface area contributed by atoms with Crippen LogP contribution < -0.4 is 10.6 Å². The topological polar surface area (TPSA) is 79.8 Å². The van der Waals surface area contributed by atoms with Crippen LogP contribution in [0.3, 0.4) is 0 Å². The summed E-state index contributed by atoms with van der Waals surface area (Å²) in [6, 6.07) is 14.1. The molecule has 7 heteroatoms. The number of sulfone groups is 1.